The fraction of sp³-hybridized carbons (Fsp3) is 0.730. The topological polar surface area (TPSA) is 129 Å². The number of hydrogen-bond acceptors (Lipinski definition) is 7. The van der Waals surface area contributed by atoms with Crippen LogP contribution in [0.3, 0.4) is 0 Å². The van der Waals surface area contributed by atoms with Crippen molar-refractivity contribution in [1.29, 1.82) is 0 Å². The number of nitrogens with one attached hydrogen (secondary N) is 3. The standard InChI is InChI=1S/C37H63N5O6/c1-10-25(3)33(40-31(43)24-38-6)37(46)41(7)34(26(4)11-2)30(47-8)23-32(44)42-22-16-15-19-29(42)35(48-9)27(5)36(45)39-21-20-28-17-13-12-14-18-28/h12-14,17-18,25-27,29-30,33-35,38H,10-11,15-16,19-24H2,1-9H3,(H,39,45)(H,40,43)/t25-,26-,27+,29?,30?,33-,34-,35+/m0/s1. The highest BCUT2D eigenvalue weighted by Gasteiger charge is 2.42. The highest BCUT2D eigenvalue weighted by atomic mass is 16.5. The summed E-state index contributed by atoms with van der Waals surface area (Å²) in [4.78, 5) is 57.5. The molecule has 272 valence electrons. The van der Waals surface area contributed by atoms with Crippen LogP contribution in [-0.4, -0.2) is 112 Å². The molecule has 2 rings (SSSR count). The van der Waals surface area contributed by atoms with Gasteiger partial charge in [0.05, 0.1) is 43.2 Å². The number of likely N-dealkylation sites (N-methyl/N-ethyl adjacent to an activating group) is 2. The fourth-order valence-corrected chi connectivity index (χ4v) is 6.89. The van der Waals surface area contributed by atoms with Crippen LogP contribution >= 0.6 is 0 Å². The molecule has 0 saturated carbocycles. The molecule has 48 heavy (non-hydrogen) atoms. The lowest BCUT2D eigenvalue weighted by atomic mass is 9.87. The predicted octanol–water partition coefficient (Wildman–Crippen LogP) is 3.41. The van der Waals surface area contributed by atoms with Crippen LogP contribution in [0.15, 0.2) is 30.3 Å². The fourth-order valence-electron chi connectivity index (χ4n) is 6.89. The predicted molar refractivity (Wildman–Crippen MR) is 189 cm³/mol. The summed E-state index contributed by atoms with van der Waals surface area (Å²) >= 11 is 0. The molecule has 0 aromatic heterocycles. The van der Waals surface area contributed by atoms with Gasteiger partial charge in [0.2, 0.25) is 23.6 Å². The van der Waals surface area contributed by atoms with Crippen LogP contribution in [0.4, 0.5) is 0 Å². The van der Waals surface area contributed by atoms with Gasteiger partial charge in [-0.3, -0.25) is 19.2 Å². The molecule has 1 fully saturated rings. The molecule has 8 atom stereocenters. The largest absolute Gasteiger partial charge is 0.379 e. The lowest BCUT2D eigenvalue weighted by Gasteiger charge is -2.43. The van der Waals surface area contributed by atoms with Crippen LogP contribution in [0.5, 0.6) is 0 Å². The highest BCUT2D eigenvalue weighted by Crippen LogP contribution is 2.29. The Labute approximate surface area is 289 Å². The lowest BCUT2D eigenvalue weighted by Crippen LogP contribution is -2.59. The third-order valence-corrected chi connectivity index (χ3v) is 10.2. The van der Waals surface area contributed by atoms with Crippen molar-refractivity contribution in [3.05, 3.63) is 35.9 Å². The molecule has 11 nitrogen and oxygen atoms in total. The zero-order chi connectivity index (χ0) is 35.8. The van der Waals surface area contributed by atoms with Gasteiger partial charge in [-0.1, -0.05) is 77.8 Å². The molecule has 0 bridgehead atoms. The molecule has 2 unspecified atom stereocenters. The van der Waals surface area contributed by atoms with Crippen molar-refractivity contribution in [2.75, 3.05) is 47.9 Å². The Morgan fingerprint density at radius 3 is 2.23 bits per heavy atom. The third kappa shape index (κ3) is 11.6. The number of amides is 4. The number of carbonyl (C=O) groups excluding carboxylic acids is 4. The second kappa shape index (κ2) is 21.1. The lowest BCUT2D eigenvalue weighted by molar-refractivity contribution is -0.150. The number of carbonyl (C=O) groups is 4. The average molecular weight is 674 g/mol. The van der Waals surface area contributed by atoms with Crippen LogP contribution < -0.4 is 16.0 Å². The van der Waals surface area contributed by atoms with Crippen LogP contribution in [0.1, 0.15) is 78.7 Å². The van der Waals surface area contributed by atoms with Crippen LogP contribution in [-0.2, 0) is 35.1 Å². The first kappa shape index (κ1) is 41.2. The van der Waals surface area contributed by atoms with Gasteiger partial charge in [0, 0.05) is 34.4 Å². The van der Waals surface area contributed by atoms with E-state index in [1.54, 1.807) is 33.2 Å². The summed E-state index contributed by atoms with van der Waals surface area (Å²) in [6, 6.07) is 8.66. The van der Waals surface area contributed by atoms with E-state index in [4.69, 9.17) is 9.47 Å². The number of nitrogens with zero attached hydrogens (tertiary/aromatic N) is 2. The third-order valence-electron chi connectivity index (χ3n) is 10.2. The van der Waals surface area contributed by atoms with Gasteiger partial charge in [0.15, 0.2) is 0 Å². The smallest absolute Gasteiger partial charge is 0.245 e. The second-order valence-corrected chi connectivity index (χ2v) is 13.4. The minimum atomic E-state index is -0.699. The van der Waals surface area contributed by atoms with Gasteiger partial charge >= 0.3 is 0 Å². The summed E-state index contributed by atoms with van der Waals surface area (Å²) in [5.74, 6) is -1.15. The maximum absolute atomic E-state index is 14.2. The number of methoxy groups -OCH3 is 2. The van der Waals surface area contributed by atoms with Crippen molar-refractivity contribution in [1.82, 2.24) is 25.8 Å². The molecule has 3 N–H and O–H groups in total. The molecule has 1 aliphatic heterocycles. The van der Waals surface area contributed by atoms with Crippen LogP contribution in [0, 0.1) is 17.8 Å². The average Bonchev–Trinajstić information content (AvgIpc) is 3.10. The Bertz CT molecular complexity index is 1140. The Kier molecular flexibility index (Phi) is 18.1. The van der Waals surface area contributed by atoms with Gasteiger partial charge in [-0.15, -0.1) is 0 Å². The molecule has 1 heterocycles. The van der Waals surface area contributed by atoms with E-state index in [2.05, 4.69) is 29.8 Å². The first-order valence-corrected chi connectivity index (χ1v) is 17.8. The summed E-state index contributed by atoms with van der Waals surface area (Å²) in [5, 5.41) is 8.82. The molecule has 1 aromatic rings. The summed E-state index contributed by atoms with van der Waals surface area (Å²) in [6.45, 7) is 11.1. The first-order chi connectivity index (χ1) is 22.9. The molecule has 1 saturated heterocycles. The molecule has 4 amide bonds. The summed E-state index contributed by atoms with van der Waals surface area (Å²) in [7, 11) is 6.63. The van der Waals surface area contributed by atoms with Crippen molar-refractivity contribution in [3.63, 3.8) is 0 Å². The minimum Gasteiger partial charge on any atom is -0.379 e. The van der Waals surface area contributed by atoms with E-state index in [0.29, 0.717) is 19.5 Å². The number of piperidine rings is 1. The number of likely N-dealkylation sites (tertiary alicyclic amines) is 1. The van der Waals surface area contributed by atoms with Gasteiger partial charge < -0.3 is 35.2 Å². The van der Waals surface area contributed by atoms with Gasteiger partial charge in [0.1, 0.15) is 6.04 Å². The van der Waals surface area contributed by atoms with Gasteiger partial charge in [-0.2, -0.15) is 0 Å². The Hall–Kier alpha value is -3.02. The summed E-state index contributed by atoms with van der Waals surface area (Å²) in [6.07, 6.45) is 3.78. The molecular formula is C37H63N5O6. The van der Waals surface area contributed by atoms with E-state index < -0.39 is 30.2 Å². The number of benzene rings is 1. The van der Waals surface area contributed by atoms with E-state index in [0.717, 1.165) is 37.7 Å². The Balaban J connectivity index is 2.23. The van der Waals surface area contributed by atoms with Crippen molar-refractivity contribution in [2.24, 2.45) is 17.8 Å². The second-order valence-electron chi connectivity index (χ2n) is 13.4. The van der Waals surface area contributed by atoms with E-state index in [9.17, 15) is 19.2 Å². The first-order valence-electron chi connectivity index (χ1n) is 17.8. The summed E-state index contributed by atoms with van der Waals surface area (Å²) in [5.41, 5.74) is 1.16. The molecule has 1 aromatic carbocycles. The van der Waals surface area contributed by atoms with Crippen molar-refractivity contribution in [2.45, 2.75) is 110 Å². The van der Waals surface area contributed by atoms with Crippen LogP contribution in [0.25, 0.3) is 0 Å². The molecular weight excluding hydrogens is 610 g/mol. The zero-order valence-corrected chi connectivity index (χ0v) is 30.9. The quantitative estimate of drug-likeness (QED) is 0.194. The SMILES string of the molecule is CC[C@H](C)[C@H](NC(=O)CNC)C(=O)N(C)[C@H](C(CC(=O)N1CCCCC1[C@H](OC)[C@@H](C)C(=O)NCCc1ccccc1)OC)[C@@H](C)CC. The van der Waals surface area contributed by atoms with Crippen molar-refractivity contribution < 1.29 is 28.7 Å². The summed E-state index contributed by atoms with van der Waals surface area (Å²) < 4.78 is 12.0. The number of hydrogen-bond donors (Lipinski definition) is 3. The molecule has 1 aliphatic rings. The highest BCUT2D eigenvalue weighted by molar-refractivity contribution is 5.89. The molecule has 0 aliphatic carbocycles. The van der Waals surface area contributed by atoms with E-state index in [1.165, 1.54) is 0 Å². The maximum Gasteiger partial charge on any atom is 0.245 e. The Morgan fingerprint density at radius 2 is 1.65 bits per heavy atom. The van der Waals surface area contributed by atoms with Crippen LogP contribution in [0.2, 0.25) is 0 Å². The normalized spacial score (nSPS) is 19.3. The van der Waals surface area contributed by atoms with E-state index in [1.807, 2.05) is 56.0 Å². The van der Waals surface area contributed by atoms with Crippen molar-refractivity contribution >= 4 is 23.6 Å². The molecule has 0 spiro atoms. The van der Waals surface area contributed by atoms with Crippen molar-refractivity contribution in [3.8, 4) is 0 Å². The zero-order valence-electron chi connectivity index (χ0n) is 30.9. The van der Waals surface area contributed by atoms with Gasteiger partial charge in [-0.05, 0) is 50.1 Å². The minimum absolute atomic E-state index is 0.0192. The van der Waals surface area contributed by atoms with Gasteiger partial charge in [-0.25, -0.2) is 0 Å². The number of rotatable bonds is 20. The Morgan fingerprint density at radius 1 is 0.979 bits per heavy atom. The maximum atomic E-state index is 14.2. The van der Waals surface area contributed by atoms with Gasteiger partial charge in [0.25, 0.3) is 0 Å². The number of ether oxygens (including phenoxy) is 2. The molecule has 0 radical (unpaired) electrons. The van der Waals surface area contributed by atoms with E-state index in [-0.39, 0.29) is 54.5 Å². The monoisotopic (exact) mass is 673 g/mol. The molecule has 11 heteroatoms. The van der Waals surface area contributed by atoms with E-state index >= 15 is 0 Å².